The standard InChI is InChI=1S/C19H18N6O4/c1-28-12-5-6-13(15(8-12)29-2)21-18(27)14-9-16(26)22-19-23-17(24-25(14)19)11-4-3-7-20-10-11/h3-8,10,14H,9H2,1-2H3,(H,21,27)(H,22,23,24,26)/t14-/m1/s1. The van der Waals surface area contributed by atoms with Gasteiger partial charge in [-0.05, 0) is 24.3 Å². The van der Waals surface area contributed by atoms with Crippen LogP contribution in [0.5, 0.6) is 11.5 Å². The van der Waals surface area contributed by atoms with E-state index >= 15 is 0 Å². The minimum Gasteiger partial charge on any atom is -0.497 e. The molecule has 0 aliphatic carbocycles. The Morgan fingerprint density at radius 1 is 1.28 bits per heavy atom. The van der Waals surface area contributed by atoms with Crippen molar-refractivity contribution in [3.8, 4) is 22.9 Å². The van der Waals surface area contributed by atoms with Crippen LogP contribution in [-0.2, 0) is 9.59 Å². The van der Waals surface area contributed by atoms with E-state index in [0.717, 1.165) is 0 Å². The van der Waals surface area contributed by atoms with Crippen molar-refractivity contribution in [2.75, 3.05) is 24.9 Å². The summed E-state index contributed by atoms with van der Waals surface area (Å²) in [4.78, 5) is 33.5. The van der Waals surface area contributed by atoms with Gasteiger partial charge in [-0.25, -0.2) is 4.68 Å². The summed E-state index contributed by atoms with van der Waals surface area (Å²) in [6, 6.07) is 7.73. The van der Waals surface area contributed by atoms with E-state index in [1.807, 2.05) is 0 Å². The number of pyridine rings is 1. The molecule has 3 heterocycles. The summed E-state index contributed by atoms with van der Waals surface area (Å²) in [6.07, 6.45) is 3.19. The van der Waals surface area contributed by atoms with Gasteiger partial charge in [0.15, 0.2) is 5.82 Å². The number of anilines is 2. The molecule has 4 rings (SSSR count). The van der Waals surface area contributed by atoms with E-state index in [2.05, 4.69) is 25.7 Å². The van der Waals surface area contributed by atoms with Gasteiger partial charge in [0.05, 0.1) is 26.3 Å². The molecule has 2 N–H and O–H groups in total. The quantitative estimate of drug-likeness (QED) is 0.678. The van der Waals surface area contributed by atoms with Crippen molar-refractivity contribution in [2.24, 2.45) is 0 Å². The third-order valence-electron chi connectivity index (χ3n) is 4.45. The molecule has 2 amide bonds. The summed E-state index contributed by atoms with van der Waals surface area (Å²) in [5.41, 5.74) is 1.14. The molecule has 0 saturated heterocycles. The van der Waals surface area contributed by atoms with Crippen molar-refractivity contribution >= 4 is 23.5 Å². The molecule has 0 saturated carbocycles. The Balaban J connectivity index is 1.63. The molecular formula is C19H18N6O4. The number of aromatic nitrogens is 4. The van der Waals surface area contributed by atoms with E-state index in [1.165, 1.54) is 11.8 Å². The lowest BCUT2D eigenvalue weighted by atomic mass is 10.1. The zero-order valence-electron chi connectivity index (χ0n) is 15.7. The fourth-order valence-electron chi connectivity index (χ4n) is 3.00. The third-order valence-corrected chi connectivity index (χ3v) is 4.45. The predicted molar refractivity (Wildman–Crippen MR) is 104 cm³/mol. The zero-order chi connectivity index (χ0) is 20.4. The van der Waals surface area contributed by atoms with Crippen LogP contribution in [0.15, 0.2) is 42.7 Å². The first-order chi connectivity index (χ1) is 14.1. The summed E-state index contributed by atoms with van der Waals surface area (Å²) in [6.45, 7) is 0. The second-order valence-corrected chi connectivity index (χ2v) is 6.27. The summed E-state index contributed by atoms with van der Waals surface area (Å²) in [5.74, 6) is 0.887. The van der Waals surface area contributed by atoms with Gasteiger partial charge >= 0.3 is 0 Å². The van der Waals surface area contributed by atoms with E-state index in [-0.39, 0.29) is 18.3 Å². The molecule has 2 aromatic heterocycles. The molecule has 10 nitrogen and oxygen atoms in total. The van der Waals surface area contributed by atoms with Gasteiger partial charge in [0, 0.05) is 24.0 Å². The molecule has 1 aromatic carbocycles. The number of hydrogen-bond donors (Lipinski definition) is 2. The normalized spacial score (nSPS) is 15.2. The molecule has 0 unspecified atom stereocenters. The van der Waals surface area contributed by atoms with Gasteiger partial charge < -0.3 is 14.8 Å². The van der Waals surface area contributed by atoms with Gasteiger partial charge in [-0.3, -0.25) is 19.9 Å². The van der Waals surface area contributed by atoms with Crippen molar-refractivity contribution in [1.82, 2.24) is 19.7 Å². The smallest absolute Gasteiger partial charge is 0.250 e. The van der Waals surface area contributed by atoms with E-state index < -0.39 is 11.9 Å². The van der Waals surface area contributed by atoms with Gasteiger partial charge in [0.2, 0.25) is 17.8 Å². The Morgan fingerprint density at radius 2 is 2.14 bits per heavy atom. The molecular weight excluding hydrogens is 376 g/mol. The minimum absolute atomic E-state index is 0.0624. The second-order valence-electron chi connectivity index (χ2n) is 6.27. The maximum absolute atomic E-state index is 13.0. The zero-order valence-corrected chi connectivity index (χ0v) is 15.7. The number of ether oxygens (including phenoxy) is 2. The van der Waals surface area contributed by atoms with Crippen LogP contribution in [0.4, 0.5) is 11.6 Å². The molecule has 0 radical (unpaired) electrons. The molecule has 0 fully saturated rings. The highest BCUT2D eigenvalue weighted by Gasteiger charge is 2.33. The summed E-state index contributed by atoms with van der Waals surface area (Å²) in [7, 11) is 3.04. The highest BCUT2D eigenvalue weighted by atomic mass is 16.5. The lowest BCUT2D eigenvalue weighted by molar-refractivity contribution is -0.125. The number of benzene rings is 1. The second kappa shape index (κ2) is 7.58. The largest absolute Gasteiger partial charge is 0.497 e. The van der Waals surface area contributed by atoms with Crippen LogP contribution in [0.25, 0.3) is 11.4 Å². The summed E-state index contributed by atoms with van der Waals surface area (Å²) in [5, 5.41) is 9.85. The van der Waals surface area contributed by atoms with Gasteiger partial charge in [0.1, 0.15) is 17.5 Å². The van der Waals surface area contributed by atoms with Gasteiger partial charge in [-0.2, -0.15) is 4.98 Å². The van der Waals surface area contributed by atoms with E-state index in [0.29, 0.717) is 28.6 Å². The molecule has 3 aromatic rings. The van der Waals surface area contributed by atoms with E-state index in [4.69, 9.17) is 9.47 Å². The van der Waals surface area contributed by atoms with Crippen molar-refractivity contribution in [3.05, 3.63) is 42.7 Å². The summed E-state index contributed by atoms with van der Waals surface area (Å²) >= 11 is 0. The number of carbonyl (C=O) groups excluding carboxylic acids is 2. The molecule has 1 atom stereocenters. The van der Waals surface area contributed by atoms with Gasteiger partial charge in [0.25, 0.3) is 0 Å². The van der Waals surface area contributed by atoms with Gasteiger partial charge in [-0.1, -0.05) is 0 Å². The highest BCUT2D eigenvalue weighted by molar-refractivity contribution is 6.01. The number of nitrogens with zero attached hydrogens (tertiary/aromatic N) is 4. The first-order valence-electron chi connectivity index (χ1n) is 8.78. The number of amides is 2. The first kappa shape index (κ1) is 18.4. The van der Waals surface area contributed by atoms with Crippen LogP contribution < -0.4 is 20.1 Å². The molecule has 29 heavy (non-hydrogen) atoms. The lowest BCUT2D eigenvalue weighted by Gasteiger charge is -2.23. The van der Waals surface area contributed by atoms with Crippen LogP contribution in [0.3, 0.4) is 0 Å². The molecule has 148 valence electrons. The van der Waals surface area contributed by atoms with Crippen molar-refractivity contribution in [2.45, 2.75) is 12.5 Å². The van der Waals surface area contributed by atoms with Crippen molar-refractivity contribution in [1.29, 1.82) is 0 Å². The average Bonchev–Trinajstić information content (AvgIpc) is 3.17. The van der Waals surface area contributed by atoms with Crippen LogP contribution in [0, 0.1) is 0 Å². The maximum Gasteiger partial charge on any atom is 0.250 e. The van der Waals surface area contributed by atoms with Crippen LogP contribution in [0.1, 0.15) is 12.5 Å². The van der Waals surface area contributed by atoms with Crippen molar-refractivity contribution in [3.63, 3.8) is 0 Å². The SMILES string of the molecule is COc1ccc(NC(=O)[C@H]2CC(=O)Nc3nc(-c4cccnc4)nn32)c(OC)c1. The highest BCUT2D eigenvalue weighted by Crippen LogP contribution is 2.31. The molecule has 0 bridgehead atoms. The Morgan fingerprint density at radius 3 is 2.86 bits per heavy atom. The number of hydrogen-bond acceptors (Lipinski definition) is 7. The topological polar surface area (TPSA) is 120 Å². The molecule has 10 heteroatoms. The number of rotatable bonds is 5. The Bertz CT molecular complexity index is 1070. The number of fused-ring (bicyclic) bond motifs is 1. The minimum atomic E-state index is -0.858. The Labute approximate surface area is 165 Å². The number of carbonyl (C=O) groups is 2. The van der Waals surface area contributed by atoms with E-state index in [9.17, 15) is 9.59 Å². The maximum atomic E-state index is 13.0. The van der Waals surface area contributed by atoms with E-state index in [1.54, 1.807) is 49.8 Å². The monoisotopic (exact) mass is 394 g/mol. The Hall–Kier alpha value is -3.95. The first-order valence-corrected chi connectivity index (χ1v) is 8.78. The molecule has 1 aliphatic heterocycles. The predicted octanol–water partition coefficient (Wildman–Crippen LogP) is 1.88. The van der Waals surface area contributed by atoms with Crippen LogP contribution in [0.2, 0.25) is 0 Å². The Kier molecular flexibility index (Phi) is 4.82. The fraction of sp³-hybridized carbons (Fsp3) is 0.211. The fourth-order valence-corrected chi connectivity index (χ4v) is 3.00. The van der Waals surface area contributed by atoms with Crippen LogP contribution >= 0.6 is 0 Å². The van der Waals surface area contributed by atoms with Gasteiger partial charge in [-0.15, -0.1) is 5.10 Å². The number of nitrogens with one attached hydrogen (secondary N) is 2. The van der Waals surface area contributed by atoms with Crippen molar-refractivity contribution < 1.29 is 19.1 Å². The number of methoxy groups -OCH3 is 2. The summed E-state index contributed by atoms with van der Waals surface area (Å²) < 4.78 is 11.9. The average molecular weight is 394 g/mol. The van der Waals surface area contributed by atoms with Crippen LogP contribution in [-0.4, -0.2) is 45.8 Å². The lowest BCUT2D eigenvalue weighted by Crippen LogP contribution is -2.36. The third kappa shape index (κ3) is 3.59. The molecule has 1 aliphatic rings. The molecule has 0 spiro atoms.